The lowest BCUT2D eigenvalue weighted by Crippen LogP contribution is -2.38. The van der Waals surface area contributed by atoms with Gasteiger partial charge in [0.25, 0.3) is 6.48 Å². The highest BCUT2D eigenvalue weighted by atomic mass is 31.2. The summed E-state index contributed by atoms with van der Waals surface area (Å²) >= 11 is 0. The summed E-state index contributed by atoms with van der Waals surface area (Å²) in [6.45, 7) is 3.27. The van der Waals surface area contributed by atoms with E-state index in [9.17, 15) is 4.57 Å². The first-order chi connectivity index (χ1) is 5.79. The zero-order chi connectivity index (χ0) is 10.1. The monoisotopic (exact) mass is 212 g/mol. The van der Waals surface area contributed by atoms with Crippen LogP contribution in [-0.2, 0) is 18.6 Å². The van der Waals surface area contributed by atoms with E-state index in [-0.39, 0.29) is 5.41 Å². The van der Waals surface area contributed by atoms with Crippen molar-refractivity contribution in [3.05, 3.63) is 0 Å². The van der Waals surface area contributed by atoms with E-state index in [2.05, 4.69) is 4.52 Å². The molecule has 0 bridgehead atoms. The minimum atomic E-state index is -4.53. The van der Waals surface area contributed by atoms with E-state index in [1.54, 1.807) is 0 Å². The molecule has 0 saturated carbocycles. The van der Waals surface area contributed by atoms with E-state index in [0.717, 1.165) is 0 Å². The molecule has 6 nitrogen and oxygen atoms in total. The summed E-state index contributed by atoms with van der Waals surface area (Å²) in [5, 5.41) is 0. The Balaban J connectivity index is 2.38. The summed E-state index contributed by atoms with van der Waals surface area (Å²) in [5.74, 6) is 0. The molecule has 0 radical (unpaired) electrons. The van der Waals surface area contributed by atoms with Gasteiger partial charge in [0.1, 0.15) is 0 Å². The average molecular weight is 212 g/mol. The second-order valence-electron chi connectivity index (χ2n) is 3.67. The lowest BCUT2D eigenvalue weighted by atomic mass is 9.96. The Morgan fingerprint density at radius 2 is 1.85 bits per heavy atom. The molecule has 13 heavy (non-hydrogen) atoms. The van der Waals surface area contributed by atoms with Crippen molar-refractivity contribution in [1.82, 2.24) is 0 Å². The Morgan fingerprint density at radius 1 is 1.38 bits per heavy atom. The molecule has 0 aromatic heterocycles. The molecule has 0 amide bonds. The molecule has 1 aliphatic heterocycles. The lowest BCUT2D eigenvalue weighted by molar-refractivity contribution is -0.306. The summed E-state index contributed by atoms with van der Waals surface area (Å²) in [7, 11) is -4.53. The quantitative estimate of drug-likeness (QED) is 0.646. The third-order valence-corrected chi connectivity index (χ3v) is 1.89. The molecule has 7 heteroatoms. The Morgan fingerprint density at radius 3 is 2.23 bits per heavy atom. The fourth-order valence-corrected chi connectivity index (χ4v) is 1.20. The molecule has 0 aromatic carbocycles. The minimum absolute atomic E-state index is 0.144. The normalized spacial score (nSPS) is 24.6. The number of hydrogen-bond donors (Lipinski definition) is 2. The standard InChI is InChI=1S/C6H13O6P/c1-6(2)3-10-5(11-4-6)12-13(7,8)9/h5H,3-4H2,1-2H3,(H2,7,8,9). The molecule has 1 fully saturated rings. The van der Waals surface area contributed by atoms with Gasteiger partial charge in [-0.1, -0.05) is 13.8 Å². The first-order valence-electron chi connectivity index (χ1n) is 3.76. The highest BCUT2D eigenvalue weighted by molar-refractivity contribution is 7.46. The summed E-state index contributed by atoms with van der Waals surface area (Å²) in [4.78, 5) is 16.9. The molecular weight excluding hydrogens is 199 g/mol. The Hall–Kier alpha value is 0.0300. The molecular formula is C6H13O6P. The molecule has 0 aromatic rings. The number of phosphoric ester groups is 1. The Kier molecular flexibility index (Phi) is 3.12. The number of phosphoric acid groups is 1. The van der Waals surface area contributed by atoms with Gasteiger partial charge in [-0.2, -0.15) is 0 Å². The molecule has 0 spiro atoms. The topological polar surface area (TPSA) is 85.2 Å². The van der Waals surface area contributed by atoms with Gasteiger partial charge in [-0.3, -0.25) is 0 Å². The van der Waals surface area contributed by atoms with Gasteiger partial charge in [0, 0.05) is 5.41 Å². The van der Waals surface area contributed by atoms with Crippen molar-refractivity contribution in [3.63, 3.8) is 0 Å². The summed E-state index contributed by atoms with van der Waals surface area (Å²) in [5.41, 5.74) is -0.144. The smallest absolute Gasteiger partial charge is 0.329 e. The molecule has 1 saturated heterocycles. The lowest BCUT2D eigenvalue weighted by Gasteiger charge is -2.33. The van der Waals surface area contributed by atoms with Gasteiger partial charge in [0.15, 0.2) is 0 Å². The highest BCUT2D eigenvalue weighted by Crippen LogP contribution is 2.39. The van der Waals surface area contributed by atoms with Crippen LogP contribution in [0, 0.1) is 5.41 Å². The summed E-state index contributed by atoms with van der Waals surface area (Å²) < 4.78 is 24.4. The Labute approximate surface area is 76.0 Å². The van der Waals surface area contributed by atoms with Crippen LogP contribution in [-0.4, -0.2) is 29.5 Å². The second-order valence-corrected chi connectivity index (χ2v) is 4.86. The van der Waals surface area contributed by atoms with Crippen molar-refractivity contribution < 1.29 is 28.3 Å². The summed E-state index contributed by atoms with van der Waals surface area (Å²) in [6.07, 6.45) is 0. The zero-order valence-corrected chi connectivity index (χ0v) is 8.36. The van der Waals surface area contributed by atoms with Crippen LogP contribution >= 0.6 is 7.82 Å². The first-order valence-corrected chi connectivity index (χ1v) is 5.29. The predicted octanol–water partition coefficient (Wildman–Crippen LogP) is 0.452. The van der Waals surface area contributed by atoms with E-state index in [0.29, 0.717) is 13.2 Å². The van der Waals surface area contributed by atoms with Crippen LogP contribution in [0.2, 0.25) is 0 Å². The van der Waals surface area contributed by atoms with Gasteiger partial charge < -0.3 is 19.3 Å². The van der Waals surface area contributed by atoms with E-state index in [1.165, 1.54) is 0 Å². The molecule has 1 aliphatic rings. The van der Waals surface area contributed by atoms with Gasteiger partial charge >= 0.3 is 7.82 Å². The fourth-order valence-electron chi connectivity index (χ4n) is 0.850. The van der Waals surface area contributed by atoms with Gasteiger partial charge in [-0.15, -0.1) is 0 Å². The SMILES string of the molecule is CC1(C)COC(OP(=O)(O)O)OC1. The van der Waals surface area contributed by atoms with E-state index in [1.807, 2.05) is 13.8 Å². The van der Waals surface area contributed by atoms with Crippen molar-refractivity contribution >= 4 is 7.82 Å². The minimum Gasteiger partial charge on any atom is -0.329 e. The number of hydrogen-bond acceptors (Lipinski definition) is 4. The second kappa shape index (κ2) is 3.65. The third kappa shape index (κ3) is 4.17. The maximum absolute atomic E-state index is 10.4. The van der Waals surface area contributed by atoms with Crippen LogP contribution in [0.3, 0.4) is 0 Å². The van der Waals surface area contributed by atoms with Gasteiger partial charge in [0.2, 0.25) is 0 Å². The van der Waals surface area contributed by atoms with E-state index < -0.39 is 14.3 Å². The fraction of sp³-hybridized carbons (Fsp3) is 1.00. The van der Waals surface area contributed by atoms with Gasteiger partial charge in [-0.25, -0.2) is 9.09 Å². The maximum atomic E-state index is 10.4. The van der Waals surface area contributed by atoms with Crippen molar-refractivity contribution in [3.8, 4) is 0 Å². The molecule has 2 N–H and O–H groups in total. The van der Waals surface area contributed by atoms with Crippen molar-refractivity contribution in [2.75, 3.05) is 13.2 Å². The van der Waals surface area contributed by atoms with Gasteiger partial charge in [-0.05, 0) is 0 Å². The average Bonchev–Trinajstić information content (AvgIpc) is 1.91. The molecule has 1 rings (SSSR count). The molecule has 0 atom stereocenters. The maximum Gasteiger partial charge on any atom is 0.473 e. The van der Waals surface area contributed by atoms with Crippen LogP contribution in [0.1, 0.15) is 13.8 Å². The van der Waals surface area contributed by atoms with Crippen molar-refractivity contribution in [2.45, 2.75) is 20.3 Å². The number of ether oxygens (including phenoxy) is 2. The van der Waals surface area contributed by atoms with Crippen molar-refractivity contribution in [1.29, 1.82) is 0 Å². The van der Waals surface area contributed by atoms with Crippen LogP contribution in [0.25, 0.3) is 0 Å². The molecule has 0 aliphatic carbocycles. The zero-order valence-electron chi connectivity index (χ0n) is 7.47. The molecule has 78 valence electrons. The van der Waals surface area contributed by atoms with E-state index in [4.69, 9.17) is 19.3 Å². The highest BCUT2D eigenvalue weighted by Gasteiger charge is 2.32. The largest absolute Gasteiger partial charge is 0.473 e. The molecule has 1 heterocycles. The van der Waals surface area contributed by atoms with Crippen LogP contribution in [0.4, 0.5) is 0 Å². The third-order valence-electron chi connectivity index (χ3n) is 1.44. The number of rotatable bonds is 2. The van der Waals surface area contributed by atoms with E-state index >= 15 is 0 Å². The van der Waals surface area contributed by atoms with Gasteiger partial charge in [0.05, 0.1) is 13.2 Å². The van der Waals surface area contributed by atoms with Crippen molar-refractivity contribution in [2.24, 2.45) is 5.41 Å². The first kappa shape index (κ1) is 11.1. The van der Waals surface area contributed by atoms with Crippen LogP contribution in [0.15, 0.2) is 0 Å². The Bertz CT molecular complexity index is 211. The predicted molar refractivity (Wildman–Crippen MR) is 42.6 cm³/mol. The van der Waals surface area contributed by atoms with Crippen LogP contribution in [0.5, 0.6) is 0 Å². The molecule has 0 unspecified atom stereocenters. The summed E-state index contributed by atoms with van der Waals surface area (Å²) in [6, 6.07) is 0. The van der Waals surface area contributed by atoms with Crippen LogP contribution < -0.4 is 0 Å².